The first kappa shape index (κ1) is 18.4. The van der Waals surface area contributed by atoms with E-state index in [4.69, 9.17) is 0 Å². The molecule has 2 saturated heterocycles. The maximum absolute atomic E-state index is 11.5. The van der Waals surface area contributed by atoms with Crippen molar-refractivity contribution in [1.29, 1.82) is 0 Å². The maximum atomic E-state index is 11.5. The van der Waals surface area contributed by atoms with Gasteiger partial charge in [0, 0.05) is 39.7 Å². The number of hydrogen-bond donors (Lipinski definition) is 1. The minimum Gasteiger partial charge on any atom is -0.396 e. The predicted molar refractivity (Wildman–Crippen MR) is 100 cm³/mol. The van der Waals surface area contributed by atoms with Gasteiger partial charge in [-0.25, -0.2) is 0 Å². The summed E-state index contributed by atoms with van der Waals surface area (Å²) in [6, 6.07) is 10.7. The van der Waals surface area contributed by atoms with E-state index in [1.807, 2.05) is 4.90 Å². The van der Waals surface area contributed by atoms with E-state index in [9.17, 15) is 9.90 Å². The van der Waals surface area contributed by atoms with Crippen molar-refractivity contribution in [2.75, 3.05) is 39.3 Å². The molecule has 0 aliphatic carbocycles. The second-order valence-electron chi connectivity index (χ2n) is 7.80. The number of hydrogen-bond acceptors (Lipinski definition) is 3. The lowest BCUT2D eigenvalue weighted by atomic mass is 9.79. The Bertz CT molecular complexity index is 540. The van der Waals surface area contributed by atoms with Gasteiger partial charge >= 0.3 is 0 Å². The molecule has 25 heavy (non-hydrogen) atoms. The van der Waals surface area contributed by atoms with Gasteiger partial charge < -0.3 is 14.9 Å². The summed E-state index contributed by atoms with van der Waals surface area (Å²) < 4.78 is 0. The SMILES string of the molecule is CC(=O)N1CCC([C@@H]2CN(CCCc3ccccc3)C[C@H]2CO)CC1. The van der Waals surface area contributed by atoms with Crippen molar-refractivity contribution < 1.29 is 9.90 Å². The standard InChI is InChI=1S/C21H32N2O2/c1-17(25)23-12-9-19(10-13-23)21-15-22(14-20(21)16-24)11-5-8-18-6-3-2-4-7-18/h2-4,6-7,19-21,24H,5,8-16H2,1H3/t20-,21-/m0/s1. The number of aliphatic hydroxyl groups is 1. The Morgan fingerprint density at radius 3 is 2.52 bits per heavy atom. The Morgan fingerprint density at radius 1 is 1.16 bits per heavy atom. The van der Waals surface area contributed by atoms with Crippen LogP contribution in [0.25, 0.3) is 0 Å². The van der Waals surface area contributed by atoms with Crippen LogP contribution in [0.5, 0.6) is 0 Å². The number of aryl methyl sites for hydroxylation is 1. The maximum Gasteiger partial charge on any atom is 0.219 e. The van der Waals surface area contributed by atoms with Gasteiger partial charge in [0.25, 0.3) is 0 Å². The highest BCUT2D eigenvalue weighted by molar-refractivity contribution is 5.73. The molecule has 2 aliphatic rings. The average Bonchev–Trinajstić information content (AvgIpc) is 3.06. The van der Waals surface area contributed by atoms with Crippen molar-refractivity contribution in [3.05, 3.63) is 35.9 Å². The van der Waals surface area contributed by atoms with Crippen LogP contribution in [0, 0.1) is 17.8 Å². The summed E-state index contributed by atoms with van der Waals surface area (Å²) in [4.78, 5) is 16.0. The van der Waals surface area contributed by atoms with Gasteiger partial charge in [-0.1, -0.05) is 30.3 Å². The topological polar surface area (TPSA) is 43.8 Å². The lowest BCUT2D eigenvalue weighted by Gasteiger charge is -2.36. The second kappa shape index (κ2) is 8.81. The predicted octanol–water partition coefficient (Wildman–Crippen LogP) is 2.42. The number of carbonyl (C=O) groups excluding carboxylic acids is 1. The van der Waals surface area contributed by atoms with Gasteiger partial charge in [0.2, 0.25) is 5.91 Å². The van der Waals surface area contributed by atoms with E-state index in [0.29, 0.717) is 24.4 Å². The molecule has 0 bridgehead atoms. The van der Waals surface area contributed by atoms with Gasteiger partial charge in [0.15, 0.2) is 0 Å². The number of nitrogens with zero attached hydrogens (tertiary/aromatic N) is 2. The number of likely N-dealkylation sites (tertiary alicyclic amines) is 2. The average molecular weight is 344 g/mol. The molecule has 1 amide bonds. The van der Waals surface area contributed by atoms with Crippen LogP contribution in [0.4, 0.5) is 0 Å². The molecule has 1 aromatic carbocycles. The van der Waals surface area contributed by atoms with Gasteiger partial charge in [0.1, 0.15) is 0 Å². The largest absolute Gasteiger partial charge is 0.396 e. The number of carbonyl (C=O) groups is 1. The molecule has 4 heteroatoms. The molecule has 2 aliphatic heterocycles. The minimum absolute atomic E-state index is 0.200. The van der Waals surface area contributed by atoms with Crippen molar-refractivity contribution >= 4 is 5.91 Å². The Morgan fingerprint density at radius 2 is 1.88 bits per heavy atom. The molecule has 0 unspecified atom stereocenters. The van der Waals surface area contributed by atoms with E-state index in [1.165, 1.54) is 12.0 Å². The summed E-state index contributed by atoms with van der Waals surface area (Å²) in [5.74, 6) is 1.86. The molecule has 2 fully saturated rings. The number of benzene rings is 1. The van der Waals surface area contributed by atoms with E-state index in [0.717, 1.165) is 52.0 Å². The highest BCUT2D eigenvalue weighted by Crippen LogP contribution is 2.35. The fourth-order valence-corrected chi connectivity index (χ4v) is 4.69. The number of piperidine rings is 1. The molecule has 1 N–H and O–H groups in total. The van der Waals surface area contributed by atoms with Crippen LogP contribution in [-0.2, 0) is 11.2 Å². The fourth-order valence-electron chi connectivity index (χ4n) is 4.69. The zero-order valence-corrected chi connectivity index (χ0v) is 15.4. The number of rotatable bonds is 6. The van der Waals surface area contributed by atoms with Crippen molar-refractivity contribution in [1.82, 2.24) is 9.80 Å². The Hall–Kier alpha value is -1.39. The molecule has 4 nitrogen and oxygen atoms in total. The van der Waals surface area contributed by atoms with Crippen molar-refractivity contribution in [3.8, 4) is 0 Å². The highest BCUT2D eigenvalue weighted by Gasteiger charge is 2.38. The Balaban J connectivity index is 1.46. The number of amides is 1. The zero-order valence-electron chi connectivity index (χ0n) is 15.4. The van der Waals surface area contributed by atoms with Crippen molar-refractivity contribution in [3.63, 3.8) is 0 Å². The molecule has 0 radical (unpaired) electrons. The molecule has 0 aromatic heterocycles. The lowest BCUT2D eigenvalue weighted by Crippen LogP contribution is -2.40. The van der Waals surface area contributed by atoms with Crippen LogP contribution in [0.2, 0.25) is 0 Å². The van der Waals surface area contributed by atoms with Crippen molar-refractivity contribution in [2.45, 2.75) is 32.6 Å². The molecule has 2 heterocycles. The van der Waals surface area contributed by atoms with E-state index >= 15 is 0 Å². The van der Waals surface area contributed by atoms with Crippen LogP contribution in [0.1, 0.15) is 31.7 Å². The Kier molecular flexibility index (Phi) is 6.49. The third-order valence-electron chi connectivity index (χ3n) is 6.17. The van der Waals surface area contributed by atoms with E-state index in [2.05, 4.69) is 35.2 Å². The summed E-state index contributed by atoms with van der Waals surface area (Å²) in [7, 11) is 0. The third-order valence-corrected chi connectivity index (χ3v) is 6.17. The number of aliphatic hydroxyl groups excluding tert-OH is 1. The summed E-state index contributed by atoms with van der Waals surface area (Å²) in [6.45, 7) is 7.01. The van der Waals surface area contributed by atoms with Crippen molar-refractivity contribution in [2.24, 2.45) is 17.8 Å². The van der Waals surface area contributed by atoms with Crippen LogP contribution in [0.15, 0.2) is 30.3 Å². The smallest absolute Gasteiger partial charge is 0.219 e. The normalized spacial score (nSPS) is 25.4. The minimum atomic E-state index is 0.200. The Labute approximate surface area is 151 Å². The third kappa shape index (κ3) is 4.83. The molecule has 1 aromatic rings. The van der Waals surface area contributed by atoms with Gasteiger partial charge in [0.05, 0.1) is 0 Å². The van der Waals surface area contributed by atoms with E-state index in [1.54, 1.807) is 6.92 Å². The van der Waals surface area contributed by atoms with Gasteiger partial charge in [-0.05, 0) is 55.5 Å². The monoisotopic (exact) mass is 344 g/mol. The van der Waals surface area contributed by atoms with Gasteiger partial charge in [-0.2, -0.15) is 0 Å². The summed E-state index contributed by atoms with van der Waals surface area (Å²) in [5.41, 5.74) is 1.41. The molecule has 138 valence electrons. The molecule has 2 atom stereocenters. The summed E-state index contributed by atoms with van der Waals surface area (Å²) >= 11 is 0. The summed E-state index contributed by atoms with van der Waals surface area (Å²) in [6.07, 6.45) is 4.50. The van der Waals surface area contributed by atoms with Crippen LogP contribution < -0.4 is 0 Å². The second-order valence-corrected chi connectivity index (χ2v) is 7.80. The van der Waals surface area contributed by atoms with Crippen LogP contribution in [-0.4, -0.2) is 60.1 Å². The van der Waals surface area contributed by atoms with Crippen LogP contribution >= 0.6 is 0 Å². The zero-order chi connectivity index (χ0) is 17.6. The van der Waals surface area contributed by atoms with Gasteiger partial charge in [-0.3, -0.25) is 4.79 Å². The van der Waals surface area contributed by atoms with Crippen LogP contribution in [0.3, 0.4) is 0 Å². The molecule has 0 spiro atoms. The summed E-state index contributed by atoms with van der Waals surface area (Å²) in [5, 5.41) is 9.84. The first-order valence-electron chi connectivity index (χ1n) is 9.80. The quantitative estimate of drug-likeness (QED) is 0.862. The lowest BCUT2D eigenvalue weighted by molar-refractivity contribution is -0.130. The highest BCUT2D eigenvalue weighted by atomic mass is 16.3. The van der Waals surface area contributed by atoms with Gasteiger partial charge in [-0.15, -0.1) is 0 Å². The fraction of sp³-hybridized carbons (Fsp3) is 0.667. The molecular weight excluding hydrogens is 312 g/mol. The molecule has 0 saturated carbocycles. The first-order chi connectivity index (χ1) is 12.2. The molecule has 3 rings (SSSR count). The van der Waals surface area contributed by atoms with E-state index < -0.39 is 0 Å². The first-order valence-corrected chi connectivity index (χ1v) is 9.80. The van der Waals surface area contributed by atoms with E-state index in [-0.39, 0.29) is 5.91 Å². The molecular formula is C21H32N2O2.